The number of benzene rings is 8. The molecular weight excluding hydrogens is 909 g/mol. The van der Waals surface area contributed by atoms with Crippen LogP contribution in [0.25, 0.3) is 42.4 Å². The molecule has 0 bridgehead atoms. The Bertz CT molecular complexity index is 3350. The van der Waals surface area contributed by atoms with Gasteiger partial charge in [0, 0.05) is 25.7 Å². The summed E-state index contributed by atoms with van der Waals surface area (Å²) in [6, 6.07) is 65.0. The van der Waals surface area contributed by atoms with Crippen molar-refractivity contribution in [2.75, 3.05) is 14.1 Å². The van der Waals surface area contributed by atoms with E-state index >= 15 is 0 Å². The molecule has 9 aromatic rings. The van der Waals surface area contributed by atoms with Crippen molar-refractivity contribution in [3.05, 3.63) is 276 Å². The molecule has 0 radical (unpaired) electrons. The quantitative estimate of drug-likeness (QED) is 0.129. The molecule has 4 N–H and O–H groups in total. The fourth-order valence-corrected chi connectivity index (χ4v) is 10.9. The van der Waals surface area contributed by atoms with Crippen LogP contribution in [0.15, 0.2) is 243 Å². The Balaban J connectivity index is 0.000000237. The summed E-state index contributed by atoms with van der Waals surface area (Å²) in [7, 11) is 3.00. The lowest BCUT2D eigenvalue weighted by molar-refractivity contribution is 0.360. The zero-order valence-corrected chi connectivity index (χ0v) is 44.0. The van der Waals surface area contributed by atoms with Gasteiger partial charge in [0.25, 0.3) is 0 Å². The number of hydrogen-bond acceptors (Lipinski definition) is 5. The second-order valence-electron chi connectivity index (χ2n) is 17.4. The second kappa shape index (κ2) is 26.1. The summed E-state index contributed by atoms with van der Waals surface area (Å²) in [5.74, 6) is 3.00. The number of aryl methyl sites for hydroxylation is 1. The van der Waals surface area contributed by atoms with Crippen LogP contribution in [0.4, 0.5) is 0 Å². The van der Waals surface area contributed by atoms with Crippen molar-refractivity contribution in [1.29, 1.82) is 0 Å². The van der Waals surface area contributed by atoms with Gasteiger partial charge in [0.05, 0.1) is 5.41 Å². The zero-order chi connectivity index (χ0) is 51.6. The van der Waals surface area contributed by atoms with Crippen molar-refractivity contribution in [2.24, 2.45) is 11.5 Å². The Hall–Kier alpha value is -7.80. The maximum atomic E-state index is 6.81. The van der Waals surface area contributed by atoms with Crippen LogP contribution in [0, 0.1) is 6.92 Å². The Morgan fingerprint density at radius 3 is 1.88 bits per heavy atom. The first kappa shape index (κ1) is 53.0. The molecule has 4 nitrogen and oxygen atoms in total. The third kappa shape index (κ3) is 11.6. The first-order valence-electron chi connectivity index (χ1n) is 25.1. The first-order chi connectivity index (χ1) is 36.0. The van der Waals surface area contributed by atoms with Gasteiger partial charge in [-0.3, -0.25) is 0 Å². The molecular formula is C68H68N2O2S. The van der Waals surface area contributed by atoms with Crippen LogP contribution in [0.1, 0.15) is 67.0 Å². The van der Waals surface area contributed by atoms with Crippen LogP contribution in [0.2, 0.25) is 0 Å². The summed E-state index contributed by atoms with van der Waals surface area (Å²) in [5.41, 5.74) is 22.2. The lowest BCUT2D eigenvalue weighted by Crippen LogP contribution is -2.29. The minimum Gasteiger partial charge on any atom is -0.449 e. The number of nitrogens with two attached hydrogens (primary N) is 2. The number of allylic oxidation sites excluding steroid dienone is 9. The van der Waals surface area contributed by atoms with Gasteiger partial charge in [0.1, 0.15) is 0 Å². The predicted molar refractivity (Wildman–Crippen MR) is 316 cm³/mol. The van der Waals surface area contributed by atoms with Gasteiger partial charge in [-0.05, 0) is 147 Å². The molecule has 368 valence electrons. The molecule has 1 atom stereocenters. The molecule has 0 saturated heterocycles. The van der Waals surface area contributed by atoms with Crippen molar-refractivity contribution in [1.82, 2.24) is 0 Å². The number of rotatable bonds is 6. The van der Waals surface area contributed by atoms with Crippen molar-refractivity contribution >= 4 is 31.5 Å². The number of hydrogen-bond donors (Lipinski definition) is 2. The van der Waals surface area contributed by atoms with Gasteiger partial charge in [0.15, 0.2) is 23.0 Å². The number of ether oxygens (including phenoxy) is 2. The number of fused-ring (bicyclic) bond motifs is 9. The summed E-state index contributed by atoms with van der Waals surface area (Å²) < 4.78 is 16.2. The van der Waals surface area contributed by atoms with E-state index in [9.17, 15) is 0 Å². The molecule has 1 unspecified atom stereocenters. The molecule has 8 aromatic carbocycles. The summed E-state index contributed by atoms with van der Waals surface area (Å²) in [4.78, 5) is 0. The highest BCUT2D eigenvalue weighted by Gasteiger charge is 2.49. The standard InChI is InChI=1S/C44H32O2.C13H10S.C6H10.C3H6.2CH5N/c1-4-12-30(13-5-1)28-31-20-22-32(23-21-31)33-24-26-39-41(29-33)45-40-27-25-38-42(43(40)46-39)36-18-10-11-19-37(36)44(38,34-14-6-2-7-15-34)35-16-8-3-9-17-35;1-9-6-7-11-10-4-2-3-5-12(10)14-13(11)8-9;1-3-5-6-4-2;1-3-2;2*1-2/h1-2,4-8,10-27,29H,3,9,28H2;2-8H,1H3;3-6H,1-2H3;3H,1H2,2H3;2*2H2,1H3/b;;5-3-,6-4-;;;. The topological polar surface area (TPSA) is 70.5 Å². The first-order valence-corrected chi connectivity index (χ1v) is 26.0. The van der Waals surface area contributed by atoms with E-state index in [4.69, 9.17) is 9.47 Å². The molecule has 0 spiro atoms. The Labute approximate surface area is 438 Å². The highest BCUT2D eigenvalue weighted by Crippen LogP contribution is 2.63. The molecule has 0 fully saturated rings. The lowest BCUT2D eigenvalue weighted by atomic mass is 9.66. The Morgan fingerprint density at radius 1 is 0.562 bits per heavy atom. The minimum absolute atomic E-state index is 0.431. The largest absolute Gasteiger partial charge is 0.449 e. The zero-order valence-electron chi connectivity index (χ0n) is 43.1. The molecule has 1 aliphatic heterocycles. The van der Waals surface area contributed by atoms with Gasteiger partial charge in [-0.25, -0.2) is 0 Å². The number of thiophene rings is 1. The van der Waals surface area contributed by atoms with Crippen molar-refractivity contribution < 1.29 is 9.47 Å². The van der Waals surface area contributed by atoms with Crippen LogP contribution in [-0.4, -0.2) is 14.1 Å². The van der Waals surface area contributed by atoms with Crippen LogP contribution in [-0.2, 0) is 11.8 Å². The van der Waals surface area contributed by atoms with Crippen molar-refractivity contribution in [3.63, 3.8) is 0 Å². The van der Waals surface area contributed by atoms with E-state index in [1.54, 1.807) is 6.08 Å². The van der Waals surface area contributed by atoms with Crippen LogP contribution in [0.5, 0.6) is 23.0 Å². The van der Waals surface area contributed by atoms with E-state index in [1.165, 1.54) is 78.8 Å². The van der Waals surface area contributed by atoms with Crippen molar-refractivity contribution in [2.45, 2.75) is 52.4 Å². The molecule has 73 heavy (non-hydrogen) atoms. The smallest absolute Gasteiger partial charge is 0.178 e. The summed E-state index contributed by atoms with van der Waals surface area (Å²) in [6.07, 6.45) is 19.8. The predicted octanol–water partition coefficient (Wildman–Crippen LogP) is 18.3. The maximum absolute atomic E-state index is 6.81. The second-order valence-corrected chi connectivity index (χ2v) is 18.5. The average Bonchev–Trinajstić information content (AvgIpc) is 3.98. The minimum atomic E-state index is -0.431. The normalized spacial score (nSPS) is 14.2. The van der Waals surface area contributed by atoms with Gasteiger partial charge in [-0.1, -0.05) is 200 Å². The third-order valence-electron chi connectivity index (χ3n) is 12.7. The summed E-state index contributed by atoms with van der Waals surface area (Å²) in [5, 5.41) is 2.77. The summed E-state index contributed by atoms with van der Waals surface area (Å²) >= 11 is 1.88. The Kier molecular flexibility index (Phi) is 18.9. The molecule has 0 amide bonds. The van der Waals surface area contributed by atoms with Gasteiger partial charge in [0.2, 0.25) is 0 Å². The monoisotopic (exact) mass is 977 g/mol. The van der Waals surface area contributed by atoms with Gasteiger partial charge in [-0.15, -0.1) is 17.9 Å². The van der Waals surface area contributed by atoms with Gasteiger partial charge < -0.3 is 20.9 Å². The highest BCUT2D eigenvalue weighted by molar-refractivity contribution is 7.25. The molecule has 3 aliphatic rings. The fourth-order valence-electron chi connectivity index (χ4n) is 9.65. The average molecular weight is 977 g/mol. The van der Waals surface area contributed by atoms with Crippen LogP contribution >= 0.6 is 11.3 Å². The maximum Gasteiger partial charge on any atom is 0.178 e. The van der Waals surface area contributed by atoms with Crippen LogP contribution in [0.3, 0.4) is 0 Å². The van der Waals surface area contributed by atoms with E-state index in [-0.39, 0.29) is 0 Å². The van der Waals surface area contributed by atoms with E-state index in [2.05, 4.69) is 219 Å². The molecule has 12 rings (SSSR count). The molecule has 2 heterocycles. The van der Waals surface area contributed by atoms with E-state index in [0.717, 1.165) is 59.0 Å². The lowest BCUT2D eigenvalue weighted by Gasteiger charge is -2.36. The SMILES string of the molecule is C/C=C\C=C/C.C1=CC(C2(c3ccccc3)c3ccccc3-c3c2ccc2c3Oc3ccc(-c4ccc(Cc5ccccc5)cc4)cc3O2)=CCC1.C=CC.CN.CN.Cc1ccc2c(c1)sc1ccccc12. The van der Waals surface area contributed by atoms with E-state index < -0.39 is 5.41 Å². The summed E-state index contributed by atoms with van der Waals surface area (Å²) in [6.45, 7) is 11.4. The van der Waals surface area contributed by atoms with Gasteiger partial charge >= 0.3 is 0 Å². The van der Waals surface area contributed by atoms with E-state index in [0.29, 0.717) is 0 Å². The van der Waals surface area contributed by atoms with Crippen molar-refractivity contribution in [3.8, 4) is 45.3 Å². The van der Waals surface area contributed by atoms with Crippen LogP contribution < -0.4 is 20.9 Å². The molecule has 0 saturated carbocycles. The fraction of sp³-hybridized carbons (Fsp3) is 0.147. The molecule has 5 heteroatoms. The molecule has 2 aliphatic carbocycles. The third-order valence-corrected chi connectivity index (χ3v) is 13.8. The van der Waals surface area contributed by atoms with Gasteiger partial charge in [-0.2, -0.15) is 0 Å². The van der Waals surface area contributed by atoms with E-state index in [1.807, 2.05) is 62.5 Å². The molecule has 1 aromatic heterocycles. The highest BCUT2D eigenvalue weighted by atomic mass is 32.1. The Morgan fingerprint density at radius 2 is 1.18 bits per heavy atom.